The van der Waals surface area contributed by atoms with E-state index in [9.17, 15) is 4.79 Å². The molecule has 0 aliphatic heterocycles. The van der Waals surface area contributed by atoms with Crippen LogP contribution >= 0.6 is 11.3 Å². The van der Waals surface area contributed by atoms with Gasteiger partial charge in [0.25, 0.3) is 0 Å². The summed E-state index contributed by atoms with van der Waals surface area (Å²) in [6.45, 7) is 2.16. The number of thiazole rings is 1. The molecule has 3 aromatic rings. The van der Waals surface area contributed by atoms with Crippen molar-refractivity contribution in [1.82, 2.24) is 20.1 Å². The summed E-state index contributed by atoms with van der Waals surface area (Å²) in [5.41, 5.74) is 3.28. The average Bonchev–Trinajstić information content (AvgIpc) is 3.10. The number of nitrogens with one attached hydrogen (secondary N) is 2. The topological polar surface area (TPSA) is 62.7 Å². The number of hydrogen-bond acceptors (Lipinski definition) is 4. The molecule has 3 rings (SSSR count). The largest absolute Gasteiger partial charge is 0.315 e. The lowest BCUT2D eigenvalue weighted by atomic mass is 10.2. The fourth-order valence-electron chi connectivity index (χ4n) is 2.10. The van der Waals surface area contributed by atoms with Crippen LogP contribution in [0.3, 0.4) is 0 Å². The lowest BCUT2D eigenvalue weighted by molar-refractivity contribution is 0.672. The molecule has 2 aromatic heterocycles. The first-order valence-corrected chi connectivity index (χ1v) is 7.60. The summed E-state index contributed by atoms with van der Waals surface area (Å²) in [7, 11) is 0. The summed E-state index contributed by atoms with van der Waals surface area (Å²) in [6.07, 6.45) is 3.91. The molecule has 2 heterocycles. The highest BCUT2D eigenvalue weighted by molar-refractivity contribution is 7.07. The Morgan fingerprint density at radius 1 is 1.19 bits per heavy atom. The number of H-pyrrole nitrogens is 1. The second-order valence-electron chi connectivity index (χ2n) is 4.81. The third-order valence-electron chi connectivity index (χ3n) is 3.09. The van der Waals surface area contributed by atoms with E-state index in [0.717, 1.165) is 24.3 Å². The molecule has 0 radical (unpaired) electrons. The number of benzene rings is 1. The molecule has 5 nitrogen and oxygen atoms in total. The molecule has 21 heavy (non-hydrogen) atoms. The van der Waals surface area contributed by atoms with Gasteiger partial charge in [0.15, 0.2) is 0 Å². The van der Waals surface area contributed by atoms with Gasteiger partial charge in [-0.15, -0.1) is 0 Å². The van der Waals surface area contributed by atoms with Crippen LogP contribution in [0.5, 0.6) is 0 Å². The van der Waals surface area contributed by atoms with Crippen LogP contribution in [0.15, 0.2) is 52.9 Å². The zero-order chi connectivity index (χ0) is 14.5. The van der Waals surface area contributed by atoms with Crippen molar-refractivity contribution >= 4 is 11.3 Å². The smallest absolute Gasteiger partial charge is 0.304 e. The van der Waals surface area contributed by atoms with Gasteiger partial charge < -0.3 is 10.3 Å². The van der Waals surface area contributed by atoms with Gasteiger partial charge in [-0.25, -0.2) is 0 Å². The van der Waals surface area contributed by atoms with Crippen molar-refractivity contribution in [3.8, 4) is 0 Å². The molecule has 0 saturated carbocycles. The van der Waals surface area contributed by atoms with Crippen molar-refractivity contribution in [1.29, 1.82) is 0 Å². The quantitative estimate of drug-likeness (QED) is 0.731. The van der Waals surface area contributed by atoms with E-state index in [1.165, 1.54) is 16.9 Å². The van der Waals surface area contributed by atoms with Crippen molar-refractivity contribution in [2.75, 3.05) is 0 Å². The van der Waals surface area contributed by atoms with Gasteiger partial charge in [-0.2, -0.15) is 5.10 Å². The van der Waals surface area contributed by atoms with Gasteiger partial charge in [-0.05, 0) is 5.56 Å². The molecule has 0 spiro atoms. The van der Waals surface area contributed by atoms with Crippen LogP contribution in [0.25, 0.3) is 0 Å². The van der Waals surface area contributed by atoms with E-state index >= 15 is 0 Å². The minimum Gasteiger partial charge on any atom is -0.315 e. The molecule has 0 aliphatic carbocycles. The molecule has 0 saturated heterocycles. The Labute approximate surface area is 126 Å². The Morgan fingerprint density at radius 2 is 2.05 bits per heavy atom. The minimum absolute atomic E-state index is 0.0116. The van der Waals surface area contributed by atoms with Gasteiger partial charge in [0, 0.05) is 35.9 Å². The van der Waals surface area contributed by atoms with Crippen molar-refractivity contribution in [3.63, 3.8) is 0 Å². The Kier molecular flexibility index (Phi) is 4.28. The average molecular weight is 300 g/mol. The third-order valence-corrected chi connectivity index (χ3v) is 3.81. The van der Waals surface area contributed by atoms with E-state index in [4.69, 9.17) is 0 Å². The number of nitrogens with zero attached hydrogens (tertiary/aromatic N) is 2. The molecule has 0 atom stereocenters. The van der Waals surface area contributed by atoms with Gasteiger partial charge in [-0.1, -0.05) is 41.7 Å². The summed E-state index contributed by atoms with van der Waals surface area (Å²) in [4.78, 5) is 13.8. The van der Waals surface area contributed by atoms with Gasteiger partial charge in [0.05, 0.1) is 12.7 Å². The van der Waals surface area contributed by atoms with Gasteiger partial charge in [0.2, 0.25) is 0 Å². The van der Waals surface area contributed by atoms with Crippen LogP contribution < -0.4 is 10.2 Å². The van der Waals surface area contributed by atoms with Crippen LogP contribution in [-0.2, 0) is 19.6 Å². The summed E-state index contributed by atoms with van der Waals surface area (Å²) in [6, 6.07) is 10.3. The van der Waals surface area contributed by atoms with Crippen LogP contribution in [0, 0.1) is 0 Å². The predicted molar refractivity (Wildman–Crippen MR) is 83.3 cm³/mol. The molecule has 0 amide bonds. The highest BCUT2D eigenvalue weighted by atomic mass is 32.1. The summed E-state index contributed by atoms with van der Waals surface area (Å²) < 4.78 is 1.93. The number of rotatable bonds is 6. The van der Waals surface area contributed by atoms with Crippen molar-refractivity contribution < 1.29 is 0 Å². The number of aromatic amines is 1. The first kappa shape index (κ1) is 13.8. The van der Waals surface area contributed by atoms with E-state index < -0.39 is 0 Å². The van der Waals surface area contributed by atoms with Crippen LogP contribution in [0.4, 0.5) is 0 Å². The predicted octanol–water partition coefficient (Wildman–Crippen LogP) is 1.97. The van der Waals surface area contributed by atoms with Crippen molar-refractivity contribution in [2.45, 2.75) is 19.6 Å². The maximum atomic E-state index is 11.0. The first-order valence-electron chi connectivity index (χ1n) is 6.72. The minimum atomic E-state index is -0.0116. The lowest BCUT2D eigenvalue weighted by Gasteiger charge is -2.01. The van der Waals surface area contributed by atoms with Crippen LogP contribution in [-0.4, -0.2) is 14.8 Å². The normalized spacial score (nSPS) is 10.9. The zero-order valence-corrected chi connectivity index (χ0v) is 12.3. The fourth-order valence-corrected chi connectivity index (χ4v) is 2.68. The van der Waals surface area contributed by atoms with Crippen LogP contribution in [0.2, 0.25) is 0 Å². The summed E-state index contributed by atoms with van der Waals surface area (Å²) in [5, 5.41) is 9.50. The molecule has 1 aromatic carbocycles. The van der Waals surface area contributed by atoms with Crippen molar-refractivity contribution in [2.24, 2.45) is 0 Å². The van der Waals surface area contributed by atoms with Crippen LogP contribution in [0.1, 0.15) is 16.8 Å². The number of hydrogen-bond donors (Lipinski definition) is 2. The van der Waals surface area contributed by atoms with E-state index in [1.54, 1.807) is 0 Å². The number of aromatic nitrogens is 3. The summed E-state index contributed by atoms with van der Waals surface area (Å²) >= 11 is 1.19. The Morgan fingerprint density at radius 3 is 2.81 bits per heavy atom. The van der Waals surface area contributed by atoms with Crippen molar-refractivity contribution in [3.05, 3.63) is 74.6 Å². The molecular formula is C15H16N4OS. The molecule has 0 fully saturated rings. The molecule has 6 heteroatoms. The molecule has 108 valence electrons. The summed E-state index contributed by atoms with van der Waals surface area (Å²) in [5.74, 6) is 0. The second kappa shape index (κ2) is 6.51. The highest BCUT2D eigenvalue weighted by Crippen LogP contribution is 2.04. The van der Waals surface area contributed by atoms with E-state index in [1.807, 2.05) is 40.7 Å². The fraction of sp³-hybridized carbons (Fsp3) is 0.200. The Balaban J connectivity index is 1.52. The maximum absolute atomic E-state index is 11.0. The monoisotopic (exact) mass is 300 g/mol. The van der Waals surface area contributed by atoms with E-state index in [-0.39, 0.29) is 4.87 Å². The Hall–Kier alpha value is -2.18. The zero-order valence-electron chi connectivity index (χ0n) is 11.5. The first-order chi connectivity index (χ1) is 10.3. The standard InChI is InChI=1S/C15H16N4OS/c20-15-18-14(11-21-15)8-16-6-13-7-17-19(10-13)9-12-4-2-1-3-5-12/h1-5,7,10-11,16H,6,8-9H2,(H,18,20). The molecular weight excluding hydrogens is 284 g/mol. The van der Waals surface area contributed by atoms with Gasteiger partial charge >= 0.3 is 4.87 Å². The molecule has 0 aliphatic rings. The SMILES string of the molecule is O=c1[nH]c(CNCc2cnn(Cc3ccccc3)c2)cs1. The highest BCUT2D eigenvalue weighted by Gasteiger charge is 2.01. The molecule has 0 bridgehead atoms. The Bertz CT molecular complexity index is 744. The van der Waals surface area contributed by atoms with E-state index in [0.29, 0.717) is 6.54 Å². The lowest BCUT2D eigenvalue weighted by Crippen LogP contribution is -2.13. The molecule has 0 unspecified atom stereocenters. The second-order valence-corrected chi connectivity index (χ2v) is 5.65. The van der Waals surface area contributed by atoms with E-state index in [2.05, 4.69) is 27.5 Å². The maximum Gasteiger partial charge on any atom is 0.304 e. The van der Waals surface area contributed by atoms with Gasteiger partial charge in [-0.3, -0.25) is 9.48 Å². The molecule has 2 N–H and O–H groups in total. The van der Waals surface area contributed by atoms with Gasteiger partial charge in [0.1, 0.15) is 0 Å². The third kappa shape index (κ3) is 3.90.